The summed E-state index contributed by atoms with van der Waals surface area (Å²) in [6.07, 6.45) is 8.20. The molecule has 0 bridgehead atoms. The largest absolute Gasteiger partial charge is 0.462 e. The minimum atomic E-state index is -0.473. The number of carbonyl (C=O) groups is 2. The molecule has 144 valence electrons. The van der Waals surface area contributed by atoms with Crippen LogP contribution in [0.1, 0.15) is 72.1 Å². The maximum atomic E-state index is 12.5. The molecule has 3 saturated carbocycles. The molecule has 4 rings (SSSR count). The summed E-state index contributed by atoms with van der Waals surface area (Å²) in [7, 11) is 0. The lowest BCUT2D eigenvalue weighted by Crippen LogP contribution is -2.54. The Kier molecular flexibility index (Phi) is 4.33. The minimum absolute atomic E-state index is 0.0487. The van der Waals surface area contributed by atoms with Crippen molar-refractivity contribution in [3.05, 3.63) is 11.6 Å². The SMILES string of the molecule is CCC(=O)O[C@H]1CC[C@@]2(C)C(=CC(O)C3C2CC[C@]2(C)C(=O)CCC32)C1. The van der Waals surface area contributed by atoms with Crippen LogP contribution in [0.2, 0.25) is 0 Å². The van der Waals surface area contributed by atoms with E-state index in [1.807, 2.05) is 6.92 Å². The number of ketones is 1. The lowest BCUT2D eigenvalue weighted by atomic mass is 9.47. The van der Waals surface area contributed by atoms with Crippen LogP contribution in [0.25, 0.3) is 0 Å². The van der Waals surface area contributed by atoms with Gasteiger partial charge >= 0.3 is 5.97 Å². The van der Waals surface area contributed by atoms with E-state index in [4.69, 9.17) is 4.74 Å². The zero-order chi connectivity index (χ0) is 18.7. The van der Waals surface area contributed by atoms with Gasteiger partial charge in [-0.15, -0.1) is 0 Å². The molecule has 4 heteroatoms. The average molecular weight is 360 g/mol. The van der Waals surface area contributed by atoms with Gasteiger partial charge in [0.15, 0.2) is 0 Å². The molecule has 0 aromatic heterocycles. The topological polar surface area (TPSA) is 63.6 Å². The average Bonchev–Trinajstić information content (AvgIpc) is 2.91. The van der Waals surface area contributed by atoms with E-state index in [-0.39, 0.29) is 28.8 Å². The van der Waals surface area contributed by atoms with Crippen LogP contribution in [-0.4, -0.2) is 29.1 Å². The number of hydrogen-bond donors (Lipinski definition) is 1. The van der Waals surface area contributed by atoms with Crippen LogP contribution in [0.4, 0.5) is 0 Å². The fourth-order valence-corrected chi connectivity index (χ4v) is 6.76. The number of ether oxygens (including phenoxy) is 1. The third-order valence-corrected chi connectivity index (χ3v) is 8.38. The molecule has 0 radical (unpaired) electrons. The first-order valence-electron chi connectivity index (χ1n) is 10.4. The highest BCUT2D eigenvalue weighted by Crippen LogP contribution is 2.64. The fraction of sp³-hybridized carbons (Fsp3) is 0.818. The van der Waals surface area contributed by atoms with Gasteiger partial charge in [0.25, 0.3) is 0 Å². The smallest absolute Gasteiger partial charge is 0.305 e. The molecule has 4 aliphatic rings. The van der Waals surface area contributed by atoms with Crippen LogP contribution in [0.15, 0.2) is 11.6 Å². The van der Waals surface area contributed by atoms with Crippen molar-refractivity contribution in [2.45, 2.75) is 84.3 Å². The predicted molar refractivity (Wildman–Crippen MR) is 98.3 cm³/mol. The molecular weight excluding hydrogens is 328 g/mol. The molecule has 4 nitrogen and oxygen atoms in total. The van der Waals surface area contributed by atoms with E-state index in [0.29, 0.717) is 30.5 Å². The summed E-state index contributed by atoms with van der Waals surface area (Å²) in [6, 6.07) is 0. The second-order valence-electron chi connectivity index (χ2n) is 9.52. The second kappa shape index (κ2) is 6.19. The van der Waals surface area contributed by atoms with Gasteiger partial charge in [-0.1, -0.05) is 32.4 Å². The highest BCUT2D eigenvalue weighted by molar-refractivity contribution is 5.87. The van der Waals surface area contributed by atoms with Crippen molar-refractivity contribution >= 4 is 11.8 Å². The number of aliphatic hydroxyl groups excluding tert-OH is 1. The van der Waals surface area contributed by atoms with E-state index in [0.717, 1.165) is 38.5 Å². The third-order valence-electron chi connectivity index (χ3n) is 8.38. The summed E-state index contributed by atoms with van der Waals surface area (Å²) in [5.41, 5.74) is 1.13. The Balaban J connectivity index is 1.62. The van der Waals surface area contributed by atoms with E-state index in [2.05, 4.69) is 19.9 Å². The van der Waals surface area contributed by atoms with Crippen LogP contribution < -0.4 is 0 Å². The van der Waals surface area contributed by atoms with Crippen LogP contribution >= 0.6 is 0 Å². The Morgan fingerprint density at radius 1 is 1.19 bits per heavy atom. The number of carbonyl (C=O) groups excluding carboxylic acids is 2. The van der Waals surface area contributed by atoms with Gasteiger partial charge < -0.3 is 9.84 Å². The van der Waals surface area contributed by atoms with Crippen LogP contribution in [0.3, 0.4) is 0 Å². The van der Waals surface area contributed by atoms with Crippen molar-refractivity contribution in [3.63, 3.8) is 0 Å². The van der Waals surface area contributed by atoms with Crippen LogP contribution in [0.5, 0.6) is 0 Å². The summed E-state index contributed by atoms with van der Waals surface area (Å²) in [5, 5.41) is 11.0. The molecule has 1 N–H and O–H groups in total. The second-order valence-corrected chi connectivity index (χ2v) is 9.52. The van der Waals surface area contributed by atoms with Crippen molar-refractivity contribution < 1.29 is 19.4 Å². The predicted octanol–water partition coefficient (Wildman–Crippen LogP) is 3.81. The van der Waals surface area contributed by atoms with Crippen LogP contribution in [0, 0.1) is 28.6 Å². The zero-order valence-corrected chi connectivity index (χ0v) is 16.3. The van der Waals surface area contributed by atoms with Gasteiger partial charge in [-0.3, -0.25) is 9.59 Å². The molecule has 0 aliphatic heterocycles. The number of hydrogen-bond acceptors (Lipinski definition) is 4. The van der Waals surface area contributed by atoms with E-state index in [9.17, 15) is 14.7 Å². The lowest BCUT2D eigenvalue weighted by Gasteiger charge is -2.58. The normalized spacial score (nSPS) is 47.5. The Labute approximate surface area is 156 Å². The molecule has 0 spiro atoms. The Hall–Kier alpha value is -1.16. The van der Waals surface area contributed by atoms with E-state index in [1.54, 1.807) is 0 Å². The summed E-state index contributed by atoms with van der Waals surface area (Å²) in [5.74, 6) is 1.22. The van der Waals surface area contributed by atoms with E-state index in [1.165, 1.54) is 5.57 Å². The summed E-state index contributed by atoms with van der Waals surface area (Å²) < 4.78 is 5.60. The van der Waals surface area contributed by atoms with Gasteiger partial charge in [0.05, 0.1) is 6.10 Å². The van der Waals surface area contributed by atoms with Crippen molar-refractivity contribution in [1.82, 2.24) is 0 Å². The highest BCUT2D eigenvalue weighted by atomic mass is 16.5. The standard InChI is InChI=1S/C22H32O4/c1-4-19(25)26-14-7-9-21(2)13(11-14)12-17(23)20-15-5-6-18(24)22(15,3)10-8-16(20)21/h12,14-17,20,23H,4-11H2,1-3H3/t14-,15?,16?,17?,20?,21-,22-/m0/s1. The molecular formula is C22H32O4. The number of aliphatic hydroxyl groups is 1. The number of fused-ring (bicyclic) bond motifs is 5. The van der Waals surface area contributed by atoms with Crippen LogP contribution in [-0.2, 0) is 14.3 Å². The molecule has 0 heterocycles. The molecule has 7 atom stereocenters. The van der Waals surface area contributed by atoms with Gasteiger partial charge in [-0.25, -0.2) is 0 Å². The maximum absolute atomic E-state index is 12.5. The summed E-state index contributed by atoms with van der Waals surface area (Å²) >= 11 is 0. The lowest BCUT2D eigenvalue weighted by molar-refractivity contribution is -0.151. The van der Waals surface area contributed by atoms with Gasteiger partial charge in [-0.2, -0.15) is 0 Å². The Morgan fingerprint density at radius 2 is 1.88 bits per heavy atom. The summed E-state index contributed by atoms with van der Waals surface area (Å²) in [6.45, 7) is 6.31. The number of esters is 1. The van der Waals surface area contributed by atoms with Crippen molar-refractivity contribution in [1.29, 1.82) is 0 Å². The first-order chi connectivity index (χ1) is 12.3. The van der Waals surface area contributed by atoms with Gasteiger partial charge in [0.2, 0.25) is 0 Å². The number of Topliss-reactive ketones (excluding diaryl/α,β-unsaturated/α-hetero) is 1. The monoisotopic (exact) mass is 360 g/mol. The molecule has 4 unspecified atom stereocenters. The first-order valence-corrected chi connectivity index (χ1v) is 10.4. The number of rotatable bonds is 2. The molecule has 0 aromatic rings. The zero-order valence-electron chi connectivity index (χ0n) is 16.3. The summed E-state index contributed by atoms with van der Waals surface area (Å²) in [4.78, 5) is 24.2. The highest BCUT2D eigenvalue weighted by Gasteiger charge is 2.60. The maximum Gasteiger partial charge on any atom is 0.305 e. The molecule has 26 heavy (non-hydrogen) atoms. The molecule has 0 amide bonds. The van der Waals surface area contributed by atoms with Crippen molar-refractivity contribution in [2.75, 3.05) is 0 Å². The van der Waals surface area contributed by atoms with Gasteiger partial charge in [0.1, 0.15) is 11.9 Å². The molecule has 4 aliphatic carbocycles. The Morgan fingerprint density at radius 3 is 2.62 bits per heavy atom. The quantitative estimate of drug-likeness (QED) is 0.601. The van der Waals surface area contributed by atoms with Gasteiger partial charge in [0, 0.05) is 24.7 Å². The van der Waals surface area contributed by atoms with E-state index < -0.39 is 6.10 Å². The Bertz CT molecular complexity index is 653. The fourth-order valence-electron chi connectivity index (χ4n) is 6.76. The minimum Gasteiger partial charge on any atom is -0.462 e. The molecule has 0 saturated heterocycles. The van der Waals surface area contributed by atoms with Crippen molar-refractivity contribution in [2.24, 2.45) is 28.6 Å². The van der Waals surface area contributed by atoms with E-state index >= 15 is 0 Å². The van der Waals surface area contributed by atoms with Gasteiger partial charge in [-0.05, 0) is 55.3 Å². The molecule has 3 fully saturated rings. The molecule has 0 aromatic carbocycles. The first kappa shape index (κ1) is 18.2. The van der Waals surface area contributed by atoms with Crippen molar-refractivity contribution in [3.8, 4) is 0 Å². The third kappa shape index (κ3) is 2.51.